The van der Waals surface area contributed by atoms with Gasteiger partial charge >= 0.3 is 5.97 Å². The highest BCUT2D eigenvalue weighted by Crippen LogP contribution is 2.28. The van der Waals surface area contributed by atoms with Gasteiger partial charge in [-0.25, -0.2) is 14.5 Å². The Morgan fingerprint density at radius 2 is 2.35 bits per heavy atom. The zero-order valence-corrected chi connectivity index (χ0v) is 11.8. The summed E-state index contributed by atoms with van der Waals surface area (Å²) in [6.45, 7) is 0.681. The van der Waals surface area contributed by atoms with Gasteiger partial charge < -0.3 is 9.47 Å². The molecule has 0 bridgehead atoms. The number of carbonyl (C=O) groups excluding carboxylic acids is 1. The Hall–Kier alpha value is -1.66. The molecule has 3 rings (SSSR count). The van der Waals surface area contributed by atoms with Gasteiger partial charge in [0, 0.05) is 6.61 Å². The number of rotatable bonds is 2. The van der Waals surface area contributed by atoms with Crippen LogP contribution in [0, 0.1) is 0 Å². The molecule has 0 spiro atoms. The van der Waals surface area contributed by atoms with Crippen LogP contribution in [0.1, 0.15) is 36.0 Å². The van der Waals surface area contributed by atoms with E-state index in [-0.39, 0.29) is 11.9 Å². The third kappa shape index (κ3) is 2.25. The molecular formula is C13H14ClN3O3. The minimum Gasteiger partial charge on any atom is -0.464 e. The zero-order chi connectivity index (χ0) is 14.1. The lowest BCUT2D eigenvalue weighted by molar-refractivity contribution is -0.0372. The van der Waals surface area contributed by atoms with Crippen molar-refractivity contribution in [1.29, 1.82) is 0 Å². The van der Waals surface area contributed by atoms with Crippen LogP contribution in [0.15, 0.2) is 12.1 Å². The molecule has 6 nitrogen and oxygen atoms in total. The summed E-state index contributed by atoms with van der Waals surface area (Å²) in [5, 5.41) is 5.29. The van der Waals surface area contributed by atoms with E-state index in [1.807, 2.05) is 0 Å². The second kappa shape index (κ2) is 5.38. The Balaban J connectivity index is 2.15. The van der Waals surface area contributed by atoms with Gasteiger partial charge in [0.15, 0.2) is 17.6 Å². The molecule has 0 N–H and O–H groups in total. The van der Waals surface area contributed by atoms with Crippen molar-refractivity contribution in [2.75, 3.05) is 13.7 Å². The average Bonchev–Trinajstić information content (AvgIpc) is 2.86. The fraction of sp³-hybridized carbons (Fsp3) is 0.462. The first-order chi connectivity index (χ1) is 9.70. The number of halogens is 1. The first-order valence-electron chi connectivity index (χ1n) is 6.45. The number of methoxy groups -OCH3 is 1. The van der Waals surface area contributed by atoms with Crippen LogP contribution in [0.25, 0.3) is 11.0 Å². The molecular weight excluding hydrogens is 282 g/mol. The number of carbonyl (C=O) groups is 1. The van der Waals surface area contributed by atoms with Gasteiger partial charge in [-0.3, -0.25) is 0 Å². The quantitative estimate of drug-likeness (QED) is 0.629. The predicted molar refractivity (Wildman–Crippen MR) is 72.7 cm³/mol. The molecule has 0 aliphatic carbocycles. The fourth-order valence-electron chi connectivity index (χ4n) is 2.36. The summed E-state index contributed by atoms with van der Waals surface area (Å²) in [5.74, 6) is -0.492. The van der Waals surface area contributed by atoms with Crippen molar-refractivity contribution in [1.82, 2.24) is 14.8 Å². The van der Waals surface area contributed by atoms with Crippen molar-refractivity contribution in [3.05, 3.63) is 23.0 Å². The van der Waals surface area contributed by atoms with Crippen LogP contribution in [-0.2, 0) is 9.47 Å². The lowest BCUT2D eigenvalue weighted by Gasteiger charge is -2.22. The Labute approximate surface area is 120 Å². The van der Waals surface area contributed by atoms with Crippen molar-refractivity contribution in [2.45, 2.75) is 25.5 Å². The Morgan fingerprint density at radius 1 is 1.50 bits per heavy atom. The molecule has 1 fully saturated rings. The summed E-state index contributed by atoms with van der Waals surface area (Å²) < 4.78 is 12.1. The molecule has 1 atom stereocenters. The van der Waals surface area contributed by atoms with E-state index in [1.54, 1.807) is 16.8 Å². The van der Waals surface area contributed by atoms with Crippen LogP contribution in [0.4, 0.5) is 0 Å². The third-order valence-corrected chi connectivity index (χ3v) is 3.54. The Kier molecular flexibility index (Phi) is 3.58. The van der Waals surface area contributed by atoms with Crippen molar-refractivity contribution in [3.8, 4) is 0 Å². The zero-order valence-electron chi connectivity index (χ0n) is 11.0. The number of nitrogens with zero attached hydrogens (tertiary/aromatic N) is 3. The van der Waals surface area contributed by atoms with Gasteiger partial charge in [-0.15, -0.1) is 0 Å². The van der Waals surface area contributed by atoms with E-state index in [0.717, 1.165) is 19.3 Å². The minimum atomic E-state index is -0.492. The number of hydrogen-bond donors (Lipinski definition) is 0. The summed E-state index contributed by atoms with van der Waals surface area (Å²) >= 11 is 5.94. The summed E-state index contributed by atoms with van der Waals surface area (Å²) in [4.78, 5) is 16.1. The molecule has 0 aromatic carbocycles. The lowest BCUT2D eigenvalue weighted by atomic mass is 10.2. The van der Waals surface area contributed by atoms with Gasteiger partial charge in [-0.1, -0.05) is 11.6 Å². The molecule has 3 heterocycles. The molecule has 2 aromatic heterocycles. The van der Waals surface area contributed by atoms with Gasteiger partial charge in [0.1, 0.15) is 5.15 Å². The number of pyridine rings is 1. The average molecular weight is 296 g/mol. The second-order valence-corrected chi connectivity index (χ2v) is 5.00. The number of esters is 1. The first-order valence-corrected chi connectivity index (χ1v) is 6.83. The highest BCUT2D eigenvalue weighted by atomic mass is 35.5. The molecule has 1 saturated heterocycles. The van der Waals surface area contributed by atoms with E-state index in [4.69, 9.17) is 21.1 Å². The smallest absolute Gasteiger partial charge is 0.359 e. The molecule has 7 heteroatoms. The van der Waals surface area contributed by atoms with Crippen LogP contribution in [0.5, 0.6) is 0 Å². The standard InChI is InChI=1S/C13H14ClN3O3/c1-19-13(18)11-8-5-6-9(14)15-12(8)17(16-11)10-4-2-3-7-20-10/h5-6,10H,2-4,7H2,1H3. The summed E-state index contributed by atoms with van der Waals surface area (Å²) in [5.41, 5.74) is 0.783. The number of ether oxygens (including phenoxy) is 2. The van der Waals surface area contributed by atoms with E-state index >= 15 is 0 Å². The number of fused-ring (bicyclic) bond motifs is 1. The molecule has 1 aliphatic heterocycles. The SMILES string of the molecule is COC(=O)c1nn(C2CCCCO2)c2nc(Cl)ccc12. The van der Waals surface area contributed by atoms with Gasteiger partial charge in [0.05, 0.1) is 12.5 Å². The molecule has 1 aliphatic rings. The van der Waals surface area contributed by atoms with Crippen molar-refractivity contribution in [2.24, 2.45) is 0 Å². The topological polar surface area (TPSA) is 66.2 Å². The monoisotopic (exact) mass is 295 g/mol. The summed E-state index contributed by atoms with van der Waals surface area (Å²) in [7, 11) is 1.33. The number of hydrogen-bond acceptors (Lipinski definition) is 5. The molecule has 0 radical (unpaired) electrons. The minimum absolute atomic E-state index is 0.212. The number of aromatic nitrogens is 3. The van der Waals surface area contributed by atoms with E-state index < -0.39 is 5.97 Å². The lowest BCUT2D eigenvalue weighted by Crippen LogP contribution is -2.20. The van der Waals surface area contributed by atoms with Crippen LogP contribution in [0.3, 0.4) is 0 Å². The van der Waals surface area contributed by atoms with Crippen molar-refractivity contribution in [3.63, 3.8) is 0 Å². The largest absolute Gasteiger partial charge is 0.464 e. The highest BCUT2D eigenvalue weighted by molar-refractivity contribution is 6.29. The highest BCUT2D eigenvalue weighted by Gasteiger charge is 2.25. The van der Waals surface area contributed by atoms with E-state index in [2.05, 4.69) is 10.1 Å². The van der Waals surface area contributed by atoms with Gasteiger partial charge in [-0.05, 0) is 31.4 Å². The predicted octanol–water partition coefficient (Wildman–Crippen LogP) is 2.57. The molecule has 0 amide bonds. The summed E-state index contributed by atoms with van der Waals surface area (Å²) in [6, 6.07) is 3.35. The van der Waals surface area contributed by atoms with Gasteiger partial charge in [-0.2, -0.15) is 5.10 Å². The maximum Gasteiger partial charge on any atom is 0.359 e. The van der Waals surface area contributed by atoms with E-state index in [9.17, 15) is 4.79 Å². The van der Waals surface area contributed by atoms with Crippen LogP contribution < -0.4 is 0 Å². The molecule has 2 aromatic rings. The maximum atomic E-state index is 11.8. The van der Waals surface area contributed by atoms with Crippen LogP contribution >= 0.6 is 11.6 Å². The molecule has 20 heavy (non-hydrogen) atoms. The third-order valence-electron chi connectivity index (χ3n) is 3.33. The van der Waals surface area contributed by atoms with E-state index in [0.29, 0.717) is 22.8 Å². The van der Waals surface area contributed by atoms with Crippen molar-refractivity contribution < 1.29 is 14.3 Å². The maximum absolute atomic E-state index is 11.8. The molecule has 1 unspecified atom stereocenters. The molecule has 0 saturated carbocycles. The first kappa shape index (κ1) is 13.3. The van der Waals surface area contributed by atoms with Gasteiger partial charge in [0.2, 0.25) is 0 Å². The van der Waals surface area contributed by atoms with Gasteiger partial charge in [0.25, 0.3) is 0 Å². The second-order valence-electron chi connectivity index (χ2n) is 4.61. The van der Waals surface area contributed by atoms with Crippen LogP contribution in [0.2, 0.25) is 5.15 Å². The van der Waals surface area contributed by atoms with Crippen LogP contribution in [-0.4, -0.2) is 34.5 Å². The van der Waals surface area contributed by atoms with E-state index in [1.165, 1.54) is 7.11 Å². The molecule has 106 valence electrons. The van der Waals surface area contributed by atoms with Crippen molar-refractivity contribution >= 4 is 28.6 Å². The Bertz CT molecular complexity index is 650. The fourth-order valence-corrected chi connectivity index (χ4v) is 2.50. The normalized spacial score (nSPS) is 19.2. The Morgan fingerprint density at radius 3 is 3.05 bits per heavy atom. The summed E-state index contributed by atoms with van der Waals surface area (Å²) in [6.07, 6.45) is 2.72.